The van der Waals surface area contributed by atoms with Crippen molar-refractivity contribution in [1.29, 1.82) is 0 Å². The molecule has 1 aliphatic carbocycles. The smallest absolute Gasteiger partial charge is 0.169 e. The van der Waals surface area contributed by atoms with Crippen LogP contribution in [0.25, 0.3) is 0 Å². The first kappa shape index (κ1) is 16.6. The van der Waals surface area contributed by atoms with Gasteiger partial charge in [-0.05, 0) is 62.7 Å². The maximum Gasteiger partial charge on any atom is 0.169 e. The Balaban J connectivity index is 1.76. The van der Waals surface area contributed by atoms with Gasteiger partial charge in [0.15, 0.2) is 5.11 Å². The van der Waals surface area contributed by atoms with Crippen LogP contribution in [0.5, 0.6) is 0 Å². The second-order valence-electron chi connectivity index (χ2n) is 7.37. The minimum atomic E-state index is 0.0937. The molecule has 1 N–H and O–H groups in total. The van der Waals surface area contributed by atoms with Gasteiger partial charge in [0.1, 0.15) is 0 Å². The van der Waals surface area contributed by atoms with E-state index < -0.39 is 0 Å². The molecular formula is C20H26N4S. The Hall–Kier alpha value is -1.88. The fourth-order valence-electron chi connectivity index (χ4n) is 4.67. The standard InChI is InChI=1S/C20H26N4S/c1-13-12-16(14(2)24(13)15-8-4-5-9-15)19-18(22-20(25)23(19)3)17-10-6-7-11-21-17/h6-7,10-12,15,18-19H,4-5,8-9H2,1-3H3,(H,22,25)/t18-,19-/m1/s1. The molecule has 4 rings (SSSR count). The number of thiocarbonyl (C=S) groups is 1. The summed E-state index contributed by atoms with van der Waals surface area (Å²) >= 11 is 5.57. The van der Waals surface area contributed by atoms with Crippen molar-refractivity contribution in [3.05, 3.63) is 53.1 Å². The Labute approximate surface area is 155 Å². The zero-order valence-electron chi connectivity index (χ0n) is 15.2. The normalized spacial score (nSPS) is 24.1. The number of aromatic nitrogens is 2. The van der Waals surface area contributed by atoms with Crippen molar-refractivity contribution < 1.29 is 0 Å². The predicted molar refractivity (Wildman–Crippen MR) is 105 cm³/mol. The minimum Gasteiger partial charge on any atom is -0.352 e. The molecule has 2 aliphatic rings. The number of rotatable bonds is 3. The monoisotopic (exact) mass is 354 g/mol. The largest absolute Gasteiger partial charge is 0.352 e. The van der Waals surface area contributed by atoms with E-state index in [1.807, 2.05) is 18.3 Å². The van der Waals surface area contributed by atoms with Crippen LogP contribution in [0.3, 0.4) is 0 Å². The highest BCUT2D eigenvalue weighted by molar-refractivity contribution is 7.80. The van der Waals surface area contributed by atoms with E-state index in [0.717, 1.165) is 10.8 Å². The summed E-state index contributed by atoms with van der Waals surface area (Å²) < 4.78 is 2.56. The Morgan fingerprint density at radius 1 is 1.20 bits per heavy atom. The van der Waals surface area contributed by atoms with Crippen LogP contribution in [0.1, 0.15) is 66.5 Å². The van der Waals surface area contributed by atoms with Crippen LogP contribution in [0.15, 0.2) is 30.5 Å². The van der Waals surface area contributed by atoms with E-state index in [9.17, 15) is 0 Å². The summed E-state index contributed by atoms with van der Waals surface area (Å²) in [6.45, 7) is 4.51. The lowest BCUT2D eigenvalue weighted by Crippen LogP contribution is -2.25. The average Bonchev–Trinajstić information content (AvgIpc) is 3.29. The summed E-state index contributed by atoms with van der Waals surface area (Å²) in [5, 5.41) is 4.28. The predicted octanol–water partition coefficient (Wildman–Crippen LogP) is 4.22. The first-order valence-corrected chi connectivity index (χ1v) is 9.61. The van der Waals surface area contributed by atoms with Crippen molar-refractivity contribution in [3.63, 3.8) is 0 Å². The molecule has 2 atom stereocenters. The lowest BCUT2D eigenvalue weighted by atomic mass is 9.97. The molecule has 0 spiro atoms. The fraction of sp³-hybridized carbons (Fsp3) is 0.500. The van der Waals surface area contributed by atoms with Crippen molar-refractivity contribution in [3.8, 4) is 0 Å². The first-order valence-electron chi connectivity index (χ1n) is 9.20. The summed E-state index contributed by atoms with van der Waals surface area (Å²) in [6, 6.07) is 9.39. The highest BCUT2D eigenvalue weighted by Crippen LogP contribution is 2.42. The lowest BCUT2D eigenvalue weighted by molar-refractivity contribution is 0.365. The number of hydrogen-bond donors (Lipinski definition) is 1. The molecule has 25 heavy (non-hydrogen) atoms. The molecule has 5 heteroatoms. The van der Waals surface area contributed by atoms with Crippen molar-refractivity contribution in [2.45, 2.75) is 57.7 Å². The highest BCUT2D eigenvalue weighted by atomic mass is 32.1. The number of likely N-dealkylation sites (N-methyl/N-ethyl adjacent to an activating group) is 1. The minimum absolute atomic E-state index is 0.0937. The van der Waals surface area contributed by atoms with Crippen LogP contribution in [0, 0.1) is 13.8 Å². The molecule has 0 bridgehead atoms. The van der Waals surface area contributed by atoms with Crippen molar-refractivity contribution >= 4 is 17.3 Å². The summed E-state index contributed by atoms with van der Waals surface area (Å²) in [4.78, 5) is 6.78. The number of aryl methyl sites for hydroxylation is 1. The van der Waals surface area contributed by atoms with Gasteiger partial charge in [0, 0.05) is 30.7 Å². The van der Waals surface area contributed by atoms with Gasteiger partial charge < -0.3 is 14.8 Å². The molecule has 1 aliphatic heterocycles. The molecule has 2 aromatic heterocycles. The van der Waals surface area contributed by atoms with Gasteiger partial charge in [-0.1, -0.05) is 18.9 Å². The van der Waals surface area contributed by atoms with Gasteiger partial charge in [-0.15, -0.1) is 0 Å². The van der Waals surface area contributed by atoms with E-state index in [0.29, 0.717) is 6.04 Å². The average molecular weight is 355 g/mol. The molecule has 0 amide bonds. The summed E-state index contributed by atoms with van der Waals surface area (Å²) in [7, 11) is 2.09. The Kier molecular flexibility index (Phi) is 4.28. The maximum absolute atomic E-state index is 5.57. The van der Waals surface area contributed by atoms with Crippen molar-refractivity contribution in [1.82, 2.24) is 19.8 Å². The quantitative estimate of drug-likeness (QED) is 0.837. The van der Waals surface area contributed by atoms with Crippen LogP contribution in [0.4, 0.5) is 0 Å². The van der Waals surface area contributed by atoms with Gasteiger partial charge in [-0.25, -0.2) is 0 Å². The van der Waals surface area contributed by atoms with Gasteiger partial charge >= 0.3 is 0 Å². The highest BCUT2D eigenvalue weighted by Gasteiger charge is 2.39. The molecule has 2 aromatic rings. The van der Waals surface area contributed by atoms with Crippen molar-refractivity contribution in [2.24, 2.45) is 0 Å². The zero-order valence-corrected chi connectivity index (χ0v) is 16.0. The van der Waals surface area contributed by atoms with E-state index >= 15 is 0 Å². The first-order chi connectivity index (χ1) is 12.1. The number of nitrogens with zero attached hydrogens (tertiary/aromatic N) is 3. The SMILES string of the molecule is Cc1cc([C@@H]2[C@@H](c3ccccn3)NC(=S)N2C)c(C)n1C1CCCC1. The third-order valence-electron chi connectivity index (χ3n) is 5.87. The van der Waals surface area contributed by atoms with Gasteiger partial charge in [0.05, 0.1) is 17.8 Å². The summed E-state index contributed by atoms with van der Waals surface area (Å²) in [6.07, 6.45) is 7.16. The van der Waals surface area contributed by atoms with Crippen LogP contribution < -0.4 is 5.32 Å². The Bertz CT molecular complexity index is 776. The third-order valence-corrected chi connectivity index (χ3v) is 6.28. The van der Waals surface area contributed by atoms with Crippen LogP contribution in [-0.2, 0) is 0 Å². The molecule has 3 heterocycles. The third kappa shape index (κ3) is 2.74. The topological polar surface area (TPSA) is 33.1 Å². The van der Waals surface area contributed by atoms with E-state index in [-0.39, 0.29) is 12.1 Å². The number of hydrogen-bond acceptors (Lipinski definition) is 2. The molecule has 1 saturated heterocycles. The van der Waals surface area contributed by atoms with Gasteiger partial charge in [0.2, 0.25) is 0 Å². The number of nitrogens with one attached hydrogen (secondary N) is 1. The van der Waals surface area contributed by atoms with Crippen LogP contribution in [0.2, 0.25) is 0 Å². The molecule has 4 nitrogen and oxygen atoms in total. The molecule has 2 fully saturated rings. The van der Waals surface area contributed by atoms with Gasteiger partial charge in [0.25, 0.3) is 0 Å². The van der Waals surface area contributed by atoms with Gasteiger partial charge in [-0.3, -0.25) is 4.98 Å². The van der Waals surface area contributed by atoms with Gasteiger partial charge in [-0.2, -0.15) is 0 Å². The van der Waals surface area contributed by atoms with Crippen molar-refractivity contribution in [2.75, 3.05) is 7.05 Å². The Morgan fingerprint density at radius 2 is 1.96 bits per heavy atom. The molecule has 0 radical (unpaired) electrons. The Morgan fingerprint density at radius 3 is 2.64 bits per heavy atom. The van der Waals surface area contributed by atoms with E-state index in [2.05, 4.69) is 52.8 Å². The van der Waals surface area contributed by atoms with E-state index in [1.54, 1.807) is 0 Å². The fourth-order valence-corrected chi connectivity index (χ4v) is 4.91. The summed E-state index contributed by atoms with van der Waals surface area (Å²) in [5.74, 6) is 0. The number of pyridine rings is 1. The molecule has 132 valence electrons. The lowest BCUT2D eigenvalue weighted by Gasteiger charge is -2.25. The van der Waals surface area contributed by atoms with Crippen LogP contribution in [-0.4, -0.2) is 26.6 Å². The molecule has 0 aromatic carbocycles. The molecule has 0 unspecified atom stereocenters. The summed E-state index contributed by atoms with van der Waals surface area (Å²) in [5.41, 5.74) is 5.17. The second kappa shape index (κ2) is 6.45. The molecule has 1 saturated carbocycles. The molecular weight excluding hydrogens is 328 g/mol. The maximum atomic E-state index is 5.57. The van der Waals surface area contributed by atoms with Crippen LogP contribution >= 0.6 is 12.2 Å². The second-order valence-corrected chi connectivity index (χ2v) is 7.76. The zero-order chi connectivity index (χ0) is 17.6. The van der Waals surface area contributed by atoms with E-state index in [4.69, 9.17) is 12.2 Å². The van der Waals surface area contributed by atoms with E-state index in [1.165, 1.54) is 42.6 Å².